The van der Waals surface area contributed by atoms with E-state index in [0.717, 1.165) is 25.8 Å². The van der Waals surface area contributed by atoms with Gasteiger partial charge in [0.1, 0.15) is 19.5 Å². The third-order valence-electron chi connectivity index (χ3n) is 3.76. The lowest BCUT2D eigenvalue weighted by molar-refractivity contribution is -0.114. The second-order valence-electron chi connectivity index (χ2n) is 5.61. The summed E-state index contributed by atoms with van der Waals surface area (Å²) < 4.78 is 6.86. The topological polar surface area (TPSA) is 59.9 Å². The van der Waals surface area contributed by atoms with Crippen LogP contribution >= 0.6 is 31.9 Å². The predicted molar refractivity (Wildman–Crippen MR) is 115 cm³/mol. The molecule has 7 heteroatoms. The van der Waals surface area contributed by atoms with Crippen LogP contribution < -0.4 is 10.1 Å². The molecule has 0 spiro atoms. The zero-order chi connectivity index (χ0) is 19.8. The number of aryl methyl sites for hydroxylation is 1. The number of carbonyl (C=O) groups is 1. The van der Waals surface area contributed by atoms with Gasteiger partial charge in [-0.2, -0.15) is 0 Å². The molecule has 1 N–H and O–H groups in total. The van der Waals surface area contributed by atoms with Gasteiger partial charge in [0.05, 0.1) is 3.39 Å². The van der Waals surface area contributed by atoms with Crippen molar-refractivity contribution >= 4 is 49.6 Å². The summed E-state index contributed by atoms with van der Waals surface area (Å²) in [4.78, 5) is 17.0. The lowest BCUT2D eigenvalue weighted by atomic mass is 10.0. The van der Waals surface area contributed by atoms with E-state index in [-0.39, 0.29) is 11.6 Å². The number of hydrogen-bond donors (Lipinski definition) is 1. The summed E-state index contributed by atoms with van der Waals surface area (Å²) in [7, 11) is 2.96. The molecular weight excluding hydrogens is 476 g/mol. The maximum Gasteiger partial charge on any atom is 0.273 e. The average molecular weight is 496 g/mol. The molecule has 1 amide bonds. The van der Waals surface area contributed by atoms with Gasteiger partial charge in [-0.3, -0.25) is 4.79 Å². The number of amides is 1. The Morgan fingerprint density at radius 2 is 1.96 bits per heavy atom. The van der Waals surface area contributed by atoms with Crippen LogP contribution in [-0.2, 0) is 16.2 Å². The molecular formula is C20H20Br2N2O3. The van der Waals surface area contributed by atoms with E-state index in [0.29, 0.717) is 12.2 Å². The van der Waals surface area contributed by atoms with Gasteiger partial charge in [0, 0.05) is 12.6 Å². The number of likely N-dealkylation sites (N-methyl/N-ethyl adjacent to an activating group) is 1. The van der Waals surface area contributed by atoms with E-state index >= 15 is 0 Å². The fraction of sp³-hybridized carbons (Fsp3) is 0.200. The third kappa shape index (κ3) is 5.94. The Hall–Kier alpha value is -2.12. The molecule has 2 aromatic carbocycles. The Kier molecular flexibility index (Phi) is 8.06. The van der Waals surface area contributed by atoms with Gasteiger partial charge in [-0.25, -0.2) is 0 Å². The smallest absolute Gasteiger partial charge is 0.273 e. The van der Waals surface area contributed by atoms with Crippen LogP contribution in [0.2, 0.25) is 0 Å². The van der Waals surface area contributed by atoms with Crippen molar-refractivity contribution in [2.24, 2.45) is 5.16 Å². The van der Waals surface area contributed by atoms with Crippen molar-refractivity contribution in [2.45, 2.75) is 13.5 Å². The number of nitrogens with zero attached hydrogens (tertiary/aromatic N) is 1. The molecule has 2 rings (SSSR count). The second-order valence-corrected chi connectivity index (χ2v) is 8.38. The van der Waals surface area contributed by atoms with Gasteiger partial charge in [0.25, 0.3) is 5.91 Å². The van der Waals surface area contributed by atoms with E-state index in [1.807, 2.05) is 55.5 Å². The summed E-state index contributed by atoms with van der Waals surface area (Å²) in [6.07, 6.45) is 1.96. The molecule has 0 unspecified atom stereocenters. The molecule has 0 saturated heterocycles. The summed E-state index contributed by atoms with van der Waals surface area (Å²) in [5.41, 5.74) is 3.78. The molecule has 27 heavy (non-hydrogen) atoms. The highest BCUT2D eigenvalue weighted by atomic mass is 79.9. The lowest BCUT2D eigenvalue weighted by Crippen LogP contribution is -2.29. The zero-order valence-electron chi connectivity index (χ0n) is 15.3. The minimum Gasteiger partial charge on any atom is -0.489 e. The molecule has 0 aliphatic rings. The van der Waals surface area contributed by atoms with Crippen LogP contribution in [0.15, 0.2) is 51.0 Å². The molecule has 0 atom stereocenters. The molecule has 0 bridgehead atoms. The monoisotopic (exact) mass is 494 g/mol. The number of rotatable bonds is 7. The second kappa shape index (κ2) is 10.3. The van der Waals surface area contributed by atoms with Crippen LogP contribution in [0.4, 0.5) is 0 Å². The molecule has 2 aromatic rings. The molecule has 0 fully saturated rings. The van der Waals surface area contributed by atoms with Crippen LogP contribution in [0.5, 0.6) is 5.75 Å². The lowest BCUT2D eigenvalue weighted by Gasteiger charge is -2.13. The summed E-state index contributed by atoms with van der Waals surface area (Å²) in [5, 5.41) is 6.45. The number of ether oxygens (including phenoxy) is 1. The van der Waals surface area contributed by atoms with Crippen molar-refractivity contribution in [3.63, 3.8) is 0 Å². The maximum absolute atomic E-state index is 12.1. The summed E-state index contributed by atoms with van der Waals surface area (Å²) >= 11 is 6.72. The Morgan fingerprint density at radius 1 is 1.22 bits per heavy atom. The molecule has 0 aromatic heterocycles. The van der Waals surface area contributed by atoms with Crippen LogP contribution in [-0.4, -0.2) is 25.8 Å². The van der Waals surface area contributed by atoms with Crippen molar-refractivity contribution in [1.82, 2.24) is 5.32 Å². The van der Waals surface area contributed by atoms with Gasteiger partial charge in [-0.15, -0.1) is 0 Å². The quantitative estimate of drug-likeness (QED) is 0.445. The molecule has 5 nitrogen and oxygen atoms in total. The normalized spacial score (nSPS) is 10.9. The van der Waals surface area contributed by atoms with Crippen LogP contribution in [0.25, 0.3) is 6.08 Å². The Bertz CT molecular complexity index is 875. The first-order chi connectivity index (χ1) is 13.0. The SMILES string of the molecule is CNC(=O)/C(=N/OC)c1ccccc1COc1ccc(C=C(Br)Br)cc1C. The van der Waals surface area contributed by atoms with Crippen molar-refractivity contribution in [3.05, 3.63) is 68.1 Å². The standard InChI is InChI=1S/C20H20Br2N2O3/c1-13-10-14(11-18(21)22)8-9-17(13)27-12-15-6-4-5-7-16(15)19(24-26-3)20(25)23-2/h4-11H,12H2,1-3H3,(H,23,25)/b24-19+. The maximum atomic E-state index is 12.1. The Labute approximate surface area is 175 Å². The van der Waals surface area contributed by atoms with Crippen molar-refractivity contribution < 1.29 is 14.4 Å². The highest BCUT2D eigenvalue weighted by Gasteiger charge is 2.17. The minimum absolute atomic E-state index is 0.207. The summed E-state index contributed by atoms with van der Waals surface area (Å²) in [6, 6.07) is 13.4. The summed E-state index contributed by atoms with van der Waals surface area (Å²) in [5.74, 6) is 0.454. The van der Waals surface area contributed by atoms with Gasteiger partial charge < -0.3 is 14.9 Å². The minimum atomic E-state index is -0.322. The molecule has 142 valence electrons. The van der Waals surface area contributed by atoms with Gasteiger partial charge in [0.2, 0.25) is 0 Å². The van der Waals surface area contributed by atoms with E-state index in [4.69, 9.17) is 9.57 Å². The highest BCUT2D eigenvalue weighted by molar-refractivity contribution is 9.28. The van der Waals surface area contributed by atoms with E-state index < -0.39 is 0 Å². The van der Waals surface area contributed by atoms with Crippen molar-refractivity contribution in [3.8, 4) is 5.75 Å². The predicted octanol–water partition coefficient (Wildman–Crippen LogP) is 4.76. The van der Waals surface area contributed by atoms with Crippen molar-refractivity contribution in [2.75, 3.05) is 14.2 Å². The number of carbonyl (C=O) groups excluding carboxylic acids is 1. The van der Waals surface area contributed by atoms with Gasteiger partial charge in [-0.05, 0) is 73.7 Å². The Balaban J connectivity index is 2.26. The number of benzene rings is 2. The third-order valence-corrected chi connectivity index (χ3v) is 4.21. The Morgan fingerprint density at radius 3 is 2.59 bits per heavy atom. The van der Waals surface area contributed by atoms with Crippen molar-refractivity contribution in [1.29, 1.82) is 0 Å². The van der Waals surface area contributed by atoms with E-state index in [2.05, 4.69) is 42.3 Å². The average Bonchev–Trinajstić information content (AvgIpc) is 2.65. The van der Waals surface area contributed by atoms with Gasteiger partial charge >= 0.3 is 0 Å². The van der Waals surface area contributed by atoms with Crippen LogP contribution in [0, 0.1) is 6.92 Å². The fourth-order valence-electron chi connectivity index (χ4n) is 2.51. The molecule has 0 saturated carbocycles. The number of oxime groups is 1. The first-order valence-electron chi connectivity index (χ1n) is 8.14. The fourth-order valence-corrected chi connectivity index (χ4v) is 3.03. The molecule has 0 heterocycles. The highest BCUT2D eigenvalue weighted by Crippen LogP contribution is 2.24. The van der Waals surface area contributed by atoms with E-state index in [1.54, 1.807) is 7.05 Å². The summed E-state index contributed by atoms with van der Waals surface area (Å²) in [6.45, 7) is 2.29. The van der Waals surface area contributed by atoms with Gasteiger partial charge in [-0.1, -0.05) is 35.5 Å². The largest absolute Gasteiger partial charge is 0.489 e. The molecule has 0 radical (unpaired) electrons. The first kappa shape index (κ1) is 21.2. The van der Waals surface area contributed by atoms with Crippen LogP contribution in [0.3, 0.4) is 0 Å². The number of halogens is 2. The van der Waals surface area contributed by atoms with Gasteiger partial charge in [0.15, 0.2) is 5.71 Å². The molecule has 0 aliphatic heterocycles. The molecule has 0 aliphatic carbocycles. The van der Waals surface area contributed by atoms with E-state index in [9.17, 15) is 4.79 Å². The van der Waals surface area contributed by atoms with Crippen LogP contribution in [0.1, 0.15) is 22.3 Å². The first-order valence-corrected chi connectivity index (χ1v) is 9.72. The zero-order valence-corrected chi connectivity index (χ0v) is 18.4. The van der Waals surface area contributed by atoms with E-state index in [1.165, 1.54) is 7.11 Å². The number of nitrogens with one attached hydrogen (secondary N) is 1. The number of hydrogen-bond acceptors (Lipinski definition) is 4.